The Bertz CT molecular complexity index is 1270. The number of benzene rings is 2. The van der Waals surface area contributed by atoms with Crippen LogP contribution in [0.5, 0.6) is 5.75 Å². The molecule has 2 aromatic rings. The monoisotopic (exact) mass is 584 g/mol. The topological polar surface area (TPSA) is 59.1 Å². The quantitative estimate of drug-likeness (QED) is 0.361. The Kier molecular flexibility index (Phi) is 9.54. The second kappa shape index (κ2) is 13.1. The molecular formula is C32H41ClN2O4S. The van der Waals surface area contributed by atoms with Crippen molar-refractivity contribution < 1.29 is 18.5 Å². The molecule has 40 heavy (non-hydrogen) atoms. The molecule has 5 rings (SSSR count). The molecule has 1 amide bonds. The lowest BCUT2D eigenvalue weighted by atomic mass is 9.70. The number of allylic oxidation sites excluding steroid dienone is 1. The van der Waals surface area contributed by atoms with Crippen LogP contribution in [-0.2, 0) is 28.7 Å². The number of methoxy groups -OCH3 is 1. The lowest BCUT2D eigenvalue weighted by Gasteiger charge is -2.43. The van der Waals surface area contributed by atoms with E-state index in [4.69, 9.17) is 21.1 Å². The number of aryl methyl sites for hydroxylation is 1. The van der Waals surface area contributed by atoms with Gasteiger partial charge in [-0.1, -0.05) is 36.7 Å². The van der Waals surface area contributed by atoms with Crippen molar-refractivity contribution in [3.63, 3.8) is 0 Å². The smallest absolute Gasteiger partial charge is 0.265 e. The summed E-state index contributed by atoms with van der Waals surface area (Å²) in [6, 6.07) is 11.9. The lowest BCUT2D eigenvalue weighted by Crippen LogP contribution is -2.43. The Balaban J connectivity index is 1.59. The van der Waals surface area contributed by atoms with Gasteiger partial charge in [-0.2, -0.15) is 0 Å². The fourth-order valence-electron chi connectivity index (χ4n) is 6.13. The zero-order chi connectivity index (χ0) is 28.2. The third-order valence-corrected chi connectivity index (χ3v) is 10.5. The molecule has 2 heterocycles. The van der Waals surface area contributed by atoms with Crippen molar-refractivity contribution in [1.29, 1.82) is 0 Å². The van der Waals surface area contributed by atoms with Crippen molar-refractivity contribution in [3.05, 3.63) is 70.3 Å². The summed E-state index contributed by atoms with van der Waals surface area (Å²) < 4.78 is 26.8. The molecule has 1 aliphatic carbocycles. The van der Waals surface area contributed by atoms with E-state index in [0.717, 1.165) is 61.5 Å². The summed E-state index contributed by atoms with van der Waals surface area (Å²) in [5, 5.41) is 0.755. The van der Waals surface area contributed by atoms with Gasteiger partial charge in [0, 0.05) is 43.6 Å². The highest BCUT2D eigenvalue weighted by Gasteiger charge is 2.38. The summed E-state index contributed by atoms with van der Waals surface area (Å²) in [5.74, 6) is 2.02. The highest BCUT2D eigenvalue weighted by atomic mass is 35.5. The fourth-order valence-corrected chi connectivity index (χ4v) is 7.46. The van der Waals surface area contributed by atoms with Gasteiger partial charge in [0.2, 0.25) is 0 Å². The predicted molar refractivity (Wildman–Crippen MR) is 162 cm³/mol. The standard InChI is InChI=1S/C32H41ClN2O4S/c1-22-7-6-9-30(38-3)28-14-11-26(28)20-35-19-25-10-13-27(33)17-23(25)8-4-5-16-39-31-15-12-24(18-29(31)35)32(36)34(2)40(37)21-22/h6,9-10,12-13,15,17-18,22,26,28,30H,4-5,7-8,11,14,16,19-21H2,1-3H3/b9-6+/t22-,26-,28+,30-,40?/m0/s1. The summed E-state index contributed by atoms with van der Waals surface area (Å²) in [4.78, 5) is 15.9. The van der Waals surface area contributed by atoms with Crippen LogP contribution in [0.15, 0.2) is 48.6 Å². The molecule has 2 aromatic carbocycles. The Hall–Kier alpha value is -2.35. The van der Waals surface area contributed by atoms with Crippen LogP contribution >= 0.6 is 11.6 Å². The van der Waals surface area contributed by atoms with E-state index in [1.807, 2.05) is 24.3 Å². The maximum absolute atomic E-state index is 13.5. The first kappa shape index (κ1) is 29.2. The van der Waals surface area contributed by atoms with E-state index >= 15 is 0 Å². The molecule has 1 unspecified atom stereocenters. The van der Waals surface area contributed by atoms with E-state index in [2.05, 4.69) is 36.1 Å². The van der Waals surface area contributed by atoms with Gasteiger partial charge in [0.05, 0.1) is 18.4 Å². The molecule has 3 aliphatic rings. The van der Waals surface area contributed by atoms with Crippen LogP contribution < -0.4 is 9.64 Å². The molecule has 5 atom stereocenters. The van der Waals surface area contributed by atoms with E-state index in [0.29, 0.717) is 36.3 Å². The summed E-state index contributed by atoms with van der Waals surface area (Å²) in [7, 11) is 2.00. The minimum Gasteiger partial charge on any atom is -0.491 e. The molecule has 8 heteroatoms. The van der Waals surface area contributed by atoms with Crippen LogP contribution in [0.2, 0.25) is 5.02 Å². The highest BCUT2D eigenvalue weighted by molar-refractivity contribution is 7.83. The van der Waals surface area contributed by atoms with Crippen molar-refractivity contribution in [2.24, 2.45) is 17.8 Å². The van der Waals surface area contributed by atoms with E-state index in [9.17, 15) is 9.00 Å². The minimum absolute atomic E-state index is 0.0469. The predicted octanol–water partition coefficient (Wildman–Crippen LogP) is 6.43. The second-order valence-corrected chi connectivity index (χ2v) is 13.5. The van der Waals surface area contributed by atoms with Gasteiger partial charge in [-0.15, -0.1) is 0 Å². The first-order chi connectivity index (χ1) is 19.3. The van der Waals surface area contributed by atoms with Crippen LogP contribution in [0.4, 0.5) is 5.69 Å². The van der Waals surface area contributed by atoms with Gasteiger partial charge < -0.3 is 14.4 Å². The first-order valence-electron chi connectivity index (χ1n) is 14.5. The van der Waals surface area contributed by atoms with Crippen molar-refractivity contribution in [2.75, 3.05) is 38.0 Å². The molecule has 2 aliphatic heterocycles. The summed E-state index contributed by atoms with van der Waals surface area (Å²) >= 11 is 6.42. The van der Waals surface area contributed by atoms with Gasteiger partial charge in [0.1, 0.15) is 16.7 Å². The molecule has 1 fully saturated rings. The molecule has 2 bridgehead atoms. The molecule has 0 N–H and O–H groups in total. The number of hydrogen-bond donors (Lipinski definition) is 0. The molecule has 6 nitrogen and oxygen atoms in total. The van der Waals surface area contributed by atoms with Gasteiger partial charge in [0.15, 0.2) is 0 Å². The van der Waals surface area contributed by atoms with Crippen molar-refractivity contribution in [2.45, 2.75) is 58.1 Å². The number of rotatable bonds is 1. The Labute approximate surface area is 246 Å². The molecule has 216 valence electrons. The number of hydrogen-bond acceptors (Lipinski definition) is 5. The van der Waals surface area contributed by atoms with E-state index < -0.39 is 11.0 Å². The SMILES string of the molecule is CO[C@H]1/C=C/C[C@H](C)CS(=O)N(C)C(=O)c2ccc3c(c2)N(Cc2ccc(Cl)cc2CCCCO3)C[C@@H]2CC[C@H]21. The Morgan fingerprint density at radius 1 is 1.10 bits per heavy atom. The molecule has 0 radical (unpaired) electrons. The van der Waals surface area contributed by atoms with Gasteiger partial charge in [-0.3, -0.25) is 9.10 Å². The van der Waals surface area contributed by atoms with Gasteiger partial charge >= 0.3 is 0 Å². The molecule has 0 saturated heterocycles. The highest BCUT2D eigenvalue weighted by Crippen LogP contribution is 2.42. The molecule has 0 aromatic heterocycles. The number of nitrogens with zero attached hydrogens (tertiary/aromatic N) is 2. The van der Waals surface area contributed by atoms with Crippen LogP contribution in [-0.4, -0.2) is 53.6 Å². The number of carbonyl (C=O) groups excluding carboxylic acids is 1. The van der Waals surface area contributed by atoms with E-state index in [-0.39, 0.29) is 17.9 Å². The molecular weight excluding hydrogens is 544 g/mol. The number of anilines is 1. The first-order valence-corrected chi connectivity index (χ1v) is 16.1. The number of ether oxygens (including phenoxy) is 2. The van der Waals surface area contributed by atoms with Crippen molar-refractivity contribution in [3.8, 4) is 5.75 Å². The maximum atomic E-state index is 13.5. The molecule has 1 saturated carbocycles. The zero-order valence-corrected chi connectivity index (χ0v) is 25.4. The van der Waals surface area contributed by atoms with E-state index in [1.54, 1.807) is 14.2 Å². The summed E-state index contributed by atoms with van der Waals surface area (Å²) in [6.45, 7) is 4.20. The lowest BCUT2D eigenvalue weighted by molar-refractivity contribution is 0.0133. The van der Waals surface area contributed by atoms with Gasteiger partial charge in [0.25, 0.3) is 5.91 Å². The van der Waals surface area contributed by atoms with E-state index in [1.165, 1.54) is 15.4 Å². The third kappa shape index (κ3) is 6.58. The zero-order valence-electron chi connectivity index (χ0n) is 23.8. The van der Waals surface area contributed by atoms with Crippen LogP contribution in [0.3, 0.4) is 0 Å². The van der Waals surface area contributed by atoms with Gasteiger partial charge in [-0.25, -0.2) is 4.21 Å². The number of fused-ring (bicyclic) bond motifs is 3. The average Bonchev–Trinajstić information content (AvgIpc) is 2.96. The van der Waals surface area contributed by atoms with Crippen LogP contribution in [0.25, 0.3) is 0 Å². The molecule has 0 spiro atoms. The fraction of sp³-hybridized carbons (Fsp3) is 0.531. The van der Waals surface area contributed by atoms with Gasteiger partial charge in [-0.05, 0) is 97.7 Å². The largest absolute Gasteiger partial charge is 0.491 e. The third-order valence-electron chi connectivity index (χ3n) is 8.68. The number of carbonyl (C=O) groups is 1. The summed E-state index contributed by atoms with van der Waals surface area (Å²) in [6.07, 6.45) is 10.4. The Morgan fingerprint density at radius 2 is 1.95 bits per heavy atom. The van der Waals surface area contributed by atoms with Crippen molar-refractivity contribution in [1.82, 2.24) is 4.31 Å². The van der Waals surface area contributed by atoms with Crippen LogP contribution in [0, 0.1) is 17.8 Å². The Morgan fingerprint density at radius 3 is 2.73 bits per heavy atom. The number of amides is 1. The minimum atomic E-state index is -1.43. The number of halogens is 1. The summed E-state index contributed by atoms with van der Waals surface area (Å²) in [5.41, 5.74) is 3.94. The normalized spacial score (nSPS) is 28.8. The average molecular weight is 585 g/mol. The second-order valence-electron chi connectivity index (χ2n) is 11.5. The van der Waals surface area contributed by atoms with Crippen molar-refractivity contribution >= 4 is 34.2 Å². The maximum Gasteiger partial charge on any atom is 0.265 e. The van der Waals surface area contributed by atoms with Crippen LogP contribution in [0.1, 0.15) is 60.5 Å².